The van der Waals surface area contributed by atoms with Crippen LogP contribution in [0.1, 0.15) is 11.1 Å². The van der Waals surface area contributed by atoms with E-state index < -0.39 is 0 Å². The normalized spacial score (nSPS) is 20.5. The van der Waals surface area contributed by atoms with Gasteiger partial charge in [0, 0.05) is 13.1 Å². The zero-order chi connectivity index (χ0) is 22.4. The lowest BCUT2D eigenvalue weighted by Crippen LogP contribution is -2.51. The molecule has 1 saturated heterocycles. The van der Waals surface area contributed by atoms with Crippen molar-refractivity contribution in [2.24, 2.45) is 0 Å². The predicted octanol–water partition coefficient (Wildman–Crippen LogP) is 1.73. The summed E-state index contributed by atoms with van der Waals surface area (Å²) < 4.78 is 11.7. The Labute approximate surface area is 193 Å². The molecule has 0 radical (unpaired) electrons. The molecule has 1 aliphatic rings. The van der Waals surface area contributed by atoms with E-state index in [1.807, 2.05) is 60.7 Å². The van der Waals surface area contributed by atoms with Gasteiger partial charge in [0.2, 0.25) is 11.8 Å². The summed E-state index contributed by atoms with van der Waals surface area (Å²) in [5.74, 6) is 0.276. The minimum Gasteiger partial charge on any atom is -0.375 e. The second kappa shape index (κ2) is 13.9. The topological polar surface area (TPSA) is 88.7 Å². The first-order valence-corrected chi connectivity index (χ1v) is 11.9. The number of carbonyl (C=O) groups excluding carboxylic acids is 2. The Balaban J connectivity index is 1.48. The molecule has 2 unspecified atom stereocenters. The van der Waals surface area contributed by atoms with Crippen molar-refractivity contribution in [1.29, 1.82) is 0 Å². The van der Waals surface area contributed by atoms with Crippen molar-refractivity contribution in [2.45, 2.75) is 25.3 Å². The molecule has 2 atom stereocenters. The van der Waals surface area contributed by atoms with Gasteiger partial charge in [-0.1, -0.05) is 60.7 Å². The highest BCUT2D eigenvalue weighted by molar-refractivity contribution is 8.00. The van der Waals surface area contributed by atoms with Crippen LogP contribution >= 0.6 is 11.8 Å². The van der Waals surface area contributed by atoms with Crippen molar-refractivity contribution in [3.05, 3.63) is 71.8 Å². The van der Waals surface area contributed by atoms with Crippen LogP contribution < -0.4 is 16.0 Å². The van der Waals surface area contributed by atoms with Crippen LogP contribution in [0.2, 0.25) is 0 Å². The molecule has 3 N–H and O–H groups in total. The molecule has 7 nitrogen and oxygen atoms in total. The summed E-state index contributed by atoms with van der Waals surface area (Å²) in [7, 11) is 0. The van der Waals surface area contributed by atoms with Gasteiger partial charge in [-0.25, -0.2) is 0 Å². The van der Waals surface area contributed by atoms with E-state index in [-0.39, 0.29) is 35.4 Å². The van der Waals surface area contributed by atoms with Crippen LogP contribution in [-0.4, -0.2) is 61.7 Å². The van der Waals surface area contributed by atoms with Gasteiger partial charge in [0.25, 0.3) is 0 Å². The molecule has 172 valence electrons. The summed E-state index contributed by atoms with van der Waals surface area (Å²) in [6.07, 6.45) is 0. The fraction of sp³-hybridized carbons (Fsp3) is 0.417. The Hall–Kier alpha value is -2.39. The molecule has 2 aromatic carbocycles. The van der Waals surface area contributed by atoms with Crippen LogP contribution in [0.25, 0.3) is 0 Å². The molecule has 1 heterocycles. The zero-order valence-corrected chi connectivity index (χ0v) is 18.9. The molecule has 8 heteroatoms. The number of amides is 2. The fourth-order valence-electron chi connectivity index (χ4n) is 3.30. The highest BCUT2D eigenvalue weighted by Gasteiger charge is 2.18. The van der Waals surface area contributed by atoms with Gasteiger partial charge in [-0.15, -0.1) is 11.8 Å². The first kappa shape index (κ1) is 24.3. The Morgan fingerprint density at radius 2 is 1.16 bits per heavy atom. The van der Waals surface area contributed by atoms with Crippen LogP contribution in [0.4, 0.5) is 0 Å². The van der Waals surface area contributed by atoms with E-state index in [0.29, 0.717) is 39.5 Å². The molecule has 0 saturated carbocycles. The Bertz CT molecular complexity index is 755. The first-order chi connectivity index (χ1) is 15.7. The van der Waals surface area contributed by atoms with Crippen molar-refractivity contribution in [3.8, 4) is 0 Å². The first-order valence-electron chi connectivity index (χ1n) is 10.8. The smallest absolute Gasteiger partial charge is 0.230 e. The maximum Gasteiger partial charge on any atom is 0.230 e. The molecule has 0 aliphatic carbocycles. The largest absolute Gasteiger partial charge is 0.375 e. The van der Waals surface area contributed by atoms with Crippen LogP contribution in [0.15, 0.2) is 60.7 Å². The average Bonchev–Trinajstić information content (AvgIpc) is 2.79. The minimum absolute atomic E-state index is 0.0961. The summed E-state index contributed by atoms with van der Waals surface area (Å²) in [5, 5.41) is 9.36. The fourth-order valence-corrected chi connectivity index (χ4v) is 3.94. The number of ether oxygens (including phenoxy) is 2. The van der Waals surface area contributed by atoms with Crippen molar-refractivity contribution in [1.82, 2.24) is 16.0 Å². The summed E-state index contributed by atoms with van der Waals surface area (Å²) in [4.78, 5) is 24.4. The second-order valence-electron chi connectivity index (χ2n) is 7.68. The van der Waals surface area contributed by atoms with Gasteiger partial charge in [-0.05, 0) is 11.1 Å². The van der Waals surface area contributed by atoms with Gasteiger partial charge < -0.3 is 25.4 Å². The standard InChI is InChI=1S/C24H31N3O4S/c28-23-17-32-18-24(29)27-22(16-31-14-20-9-5-2-6-10-20)12-25-11-21(26-23)15-30-13-19-7-3-1-4-8-19/h1-10,21-22,25H,11-18H2,(H,26,28)(H,27,29). The number of carbonyl (C=O) groups is 2. The number of rotatable bonds is 8. The van der Waals surface area contributed by atoms with Crippen LogP contribution in [0, 0.1) is 0 Å². The lowest BCUT2D eigenvalue weighted by molar-refractivity contribution is -0.119. The molecule has 1 aliphatic heterocycles. The van der Waals surface area contributed by atoms with E-state index in [0.717, 1.165) is 11.1 Å². The highest BCUT2D eigenvalue weighted by atomic mass is 32.2. The molecule has 2 aromatic rings. The summed E-state index contributed by atoms with van der Waals surface area (Å²) in [6.45, 7) is 2.87. The molecule has 0 spiro atoms. The Morgan fingerprint density at radius 1 is 0.719 bits per heavy atom. The van der Waals surface area contributed by atoms with E-state index in [2.05, 4.69) is 16.0 Å². The van der Waals surface area contributed by atoms with Crippen LogP contribution in [0.5, 0.6) is 0 Å². The zero-order valence-electron chi connectivity index (χ0n) is 18.1. The Kier molecular flexibility index (Phi) is 10.5. The van der Waals surface area contributed by atoms with Gasteiger partial charge in [0.1, 0.15) is 0 Å². The van der Waals surface area contributed by atoms with Gasteiger partial charge in [-0.3, -0.25) is 9.59 Å². The summed E-state index contributed by atoms with van der Waals surface area (Å²) in [6, 6.07) is 19.6. The number of hydrogen-bond acceptors (Lipinski definition) is 6. The number of hydrogen-bond donors (Lipinski definition) is 3. The van der Waals surface area contributed by atoms with Gasteiger partial charge in [-0.2, -0.15) is 0 Å². The van der Waals surface area contributed by atoms with Crippen LogP contribution in [-0.2, 0) is 32.3 Å². The lowest BCUT2D eigenvalue weighted by atomic mass is 10.2. The maximum absolute atomic E-state index is 12.2. The van der Waals surface area contributed by atoms with E-state index in [4.69, 9.17) is 9.47 Å². The quantitative estimate of drug-likeness (QED) is 0.560. The van der Waals surface area contributed by atoms with Crippen LogP contribution in [0.3, 0.4) is 0 Å². The predicted molar refractivity (Wildman–Crippen MR) is 126 cm³/mol. The van der Waals surface area contributed by atoms with Crippen molar-refractivity contribution in [3.63, 3.8) is 0 Å². The number of nitrogens with one attached hydrogen (secondary N) is 3. The lowest BCUT2D eigenvalue weighted by Gasteiger charge is -2.24. The van der Waals surface area contributed by atoms with Crippen molar-refractivity contribution in [2.75, 3.05) is 37.8 Å². The Morgan fingerprint density at radius 3 is 1.59 bits per heavy atom. The maximum atomic E-state index is 12.2. The van der Waals surface area contributed by atoms with Gasteiger partial charge in [0.05, 0.1) is 50.0 Å². The third kappa shape index (κ3) is 9.40. The molecule has 2 amide bonds. The summed E-state index contributed by atoms with van der Waals surface area (Å²) in [5.41, 5.74) is 2.18. The third-order valence-corrected chi connectivity index (χ3v) is 5.77. The monoisotopic (exact) mass is 457 g/mol. The van der Waals surface area contributed by atoms with E-state index in [1.165, 1.54) is 11.8 Å². The van der Waals surface area contributed by atoms with E-state index in [9.17, 15) is 9.59 Å². The van der Waals surface area contributed by atoms with Crippen molar-refractivity contribution >= 4 is 23.6 Å². The molecule has 0 aromatic heterocycles. The SMILES string of the molecule is O=C1CSCC(=O)NC(COCc2ccccc2)CNCC(COCc2ccccc2)N1. The average molecular weight is 458 g/mol. The summed E-state index contributed by atoms with van der Waals surface area (Å²) >= 11 is 1.30. The number of thioether (sulfide) groups is 1. The molecular weight excluding hydrogens is 426 g/mol. The van der Waals surface area contributed by atoms with E-state index in [1.54, 1.807) is 0 Å². The van der Waals surface area contributed by atoms with Gasteiger partial charge in [0.15, 0.2) is 0 Å². The van der Waals surface area contributed by atoms with Gasteiger partial charge >= 0.3 is 0 Å². The molecule has 3 rings (SSSR count). The second-order valence-corrected chi connectivity index (χ2v) is 8.67. The van der Waals surface area contributed by atoms with Crippen molar-refractivity contribution < 1.29 is 19.1 Å². The highest BCUT2D eigenvalue weighted by Crippen LogP contribution is 2.05. The molecule has 1 fully saturated rings. The number of benzene rings is 2. The molecule has 32 heavy (non-hydrogen) atoms. The molecular formula is C24H31N3O4S. The third-order valence-electron chi connectivity index (χ3n) is 4.84. The van der Waals surface area contributed by atoms with E-state index >= 15 is 0 Å². The minimum atomic E-state index is -0.159. The molecule has 0 bridgehead atoms.